The molecule has 2 N–H and O–H groups in total. The lowest BCUT2D eigenvalue weighted by molar-refractivity contribution is -0.148. The van der Waals surface area contributed by atoms with Crippen molar-refractivity contribution >= 4 is 17.9 Å². The van der Waals surface area contributed by atoms with Crippen molar-refractivity contribution in [3.8, 4) is 11.5 Å². The van der Waals surface area contributed by atoms with Gasteiger partial charge in [0.25, 0.3) is 5.91 Å². The fourth-order valence-corrected chi connectivity index (χ4v) is 2.07. The number of rotatable bonds is 9. The van der Waals surface area contributed by atoms with E-state index in [0.29, 0.717) is 12.5 Å². The van der Waals surface area contributed by atoms with E-state index in [-0.39, 0.29) is 25.3 Å². The topological polar surface area (TPSA) is 133 Å². The summed E-state index contributed by atoms with van der Waals surface area (Å²) in [6.07, 6.45) is 0.139. The van der Waals surface area contributed by atoms with E-state index in [1.165, 1.54) is 7.11 Å². The number of methoxy groups -OCH3 is 1. The van der Waals surface area contributed by atoms with E-state index in [2.05, 4.69) is 15.5 Å². The van der Waals surface area contributed by atoms with Crippen molar-refractivity contribution in [1.82, 2.24) is 20.8 Å². The maximum Gasteiger partial charge on any atom is 0.321 e. The molecule has 0 saturated heterocycles. The van der Waals surface area contributed by atoms with Gasteiger partial charge in [-0.05, 0) is 19.1 Å². The van der Waals surface area contributed by atoms with Gasteiger partial charge in [0.05, 0.1) is 13.0 Å². The monoisotopic (exact) mass is 390 g/mol. The summed E-state index contributed by atoms with van der Waals surface area (Å²) >= 11 is 0. The average Bonchev–Trinajstić information content (AvgIpc) is 3.14. The molecule has 0 aliphatic heterocycles. The SMILES string of the molecule is COCCNC(=O)NC(=O)COC(=O)CCc1nnc(-c2ccc(C)cc2)o1. The molecule has 0 atom stereocenters. The Kier molecular flexibility index (Phi) is 8.10. The normalized spacial score (nSPS) is 10.4. The summed E-state index contributed by atoms with van der Waals surface area (Å²) in [6.45, 7) is 1.99. The molecule has 2 aromatic rings. The number of nitrogens with zero attached hydrogens (tertiary/aromatic N) is 2. The number of hydrogen-bond donors (Lipinski definition) is 2. The van der Waals surface area contributed by atoms with Crippen LogP contribution in [0.5, 0.6) is 0 Å². The number of hydrogen-bond acceptors (Lipinski definition) is 8. The maximum absolute atomic E-state index is 11.7. The first-order chi connectivity index (χ1) is 13.5. The highest BCUT2D eigenvalue weighted by Crippen LogP contribution is 2.18. The molecule has 150 valence electrons. The van der Waals surface area contributed by atoms with Gasteiger partial charge in [0.15, 0.2) is 6.61 Å². The molecule has 0 spiro atoms. The zero-order valence-electron chi connectivity index (χ0n) is 15.7. The van der Waals surface area contributed by atoms with Gasteiger partial charge in [-0.25, -0.2) is 4.79 Å². The Morgan fingerprint density at radius 3 is 2.61 bits per heavy atom. The molecule has 0 bridgehead atoms. The van der Waals surface area contributed by atoms with E-state index in [4.69, 9.17) is 13.9 Å². The molecule has 3 amide bonds. The van der Waals surface area contributed by atoms with Gasteiger partial charge < -0.3 is 19.2 Å². The van der Waals surface area contributed by atoms with Crippen molar-refractivity contribution in [1.29, 1.82) is 0 Å². The van der Waals surface area contributed by atoms with Crippen LogP contribution in [-0.2, 0) is 25.5 Å². The van der Waals surface area contributed by atoms with Crippen LogP contribution in [0, 0.1) is 6.92 Å². The number of benzene rings is 1. The highest BCUT2D eigenvalue weighted by molar-refractivity contribution is 5.95. The van der Waals surface area contributed by atoms with Gasteiger partial charge in [-0.3, -0.25) is 14.9 Å². The fourth-order valence-electron chi connectivity index (χ4n) is 2.07. The van der Waals surface area contributed by atoms with Gasteiger partial charge in [0, 0.05) is 25.6 Å². The molecule has 2 rings (SSSR count). The van der Waals surface area contributed by atoms with Gasteiger partial charge in [0.2, 0.25) is 11.8 Å². The highest BCUT2D eigenvalue weighted by Gasteiger charge is 2.13. The Bertz CT molecular complexity index is 803. The van der Waals surface area contributed by atoms with E-state index < -0.39 is 24.5 Å². The number of carbonyl (C=O) groups is 3. The quantitative estimate of drug-likeness (QED) is 0.478. The molecule has 10 nitrogen and oxygen atoms in total. The van der Waals surface area contributed by atoms with Crippen LogP contribution < -0.4 is 10.6 Å². The standard InChI is InChI=1S/C18H22N4O6/c1-12-3-5-13(6-4-12)17-22-21-15(28-17)7-8-16(24)27-11-14(23)20-18(25)19-9-10-26-2/h3-6H,7-11H2,1-2H3,(H2,19,20,23,25). The zero-order valence-corrected chi connectivity index (χ0v) is 15.7. The van der Waals surface area contributed by atoms with Crippen molar-refractivity contribution in [2.75, 3.05) is 26.9 Å². The van der Waals surface area contributed by atoms with Gasteiger partial charge in [-0.1, -0.05) is 17.7 Å². The molecule has 0 radical (unpaired) electrons. The predicted octanol–water partition coefficient (Wildman–Crippen LogP) is 0.993. The molecular weight excluding hydrogens is 368 g/mol. The van der Waals surface area contributed by atoms with E-state index in [9.17, 15) is 14.4 Å². The summed E-state index contributed by atoms with van der Waals surface area (Å²) in [6, 6.07) is 6.90. The van der Waals surface area contributed by atoms with Gasteiger partial charge in [0.1, 0.15) is 0 Å². The second-order valence-corrected chi connectivity index (χ2v) is 5.82. The molecule has 0 unspecified atom stereocenters. The Morgan fingerprint density at radius 2 is 1.89 bits per heavy atom. The lowest BCUT2D eigenvalue weighted by Crippen LogP contribution is -2.42. The number of amides is 3. The Hall–Kier alpha value is -3.27. The lowest BCUT2D eigenvalue weighted by Gasteiger charge is -2.06. The summed E-state index contributed by atoms with van der Waals surface area (Å²) in [5.74, 6) is -0.704. The van der Waals surface area contributed by atoms with Crippen LogP contribution in [0.2, 0.25) is 0 Å². The third-order valence-corrected chi connectivity index (χ3v) is 3.52. The first-order valence-corrected chi connectivity index (χ1v) is 8.59. The Labute approximate surface area is 161 Å². The molecule has 1 aromatic heterocycles. The molecule has 0 aliphatic carbocycles. The van der Waals surface area contributed by atoms with Crippen LogP contribution in [-0.4, -0.2) is 55.0 Å². The first kappa shape index (κ1) is 21.0. The van der Waals surface area contributed by atoms with E-state index >= 15 is 0 Å². The van der Waals surface area contributed by atoms with Gasteiger partial charge in [-0.2, -0.15) is 0 Å². The van der Waals surface area contributed by atoms with Gasteiger partial charge in [-0.15, -0.1) is 10.2 Å². The lowest BCUT2D eigenvalue weighted by atomic mass is 10.1. The third kappa shape index (κ3) is 7.16. The number of urea groups is 1. The zero-order chi connectivity index (χ0) is 20.4. The first-order valence-electron chi connectivity index (χ1n) is 8.59. The predicted molar refractivity (Wildman–Crippen MR) is 97.2 cm³/mol. The molecule has 28 heavy (non-hydrogen) atoms. The van der Waals surface area contributed by atoms with Crippen molar-refractivity contribution < 1.29 is 28.3 Å². The number of carbonyl (C=O) groups excluding carboxylic acids is 3. The number of ether oxygens (including phenoxy) is 2. The highest BCUT2D eigenvalue weighted by atomic mass is 16.5. The van der Waals surface area contributed by atoms with Crippen molar-refractivity contribution in [2.24, 2.45) is 0 Å². The minimum atomic E-state index is -0.734. The van der Waals surface area contributed by atoms with Crippen LogP contribution in [0.25, 0.3) is 11.5 Å². The van der Waals surface area contributed by atoms with Crippen molar-refractivity contribution in [3.63, 3.8) is 0 Å². The van der Waals surface area contributed by atoms with Crippen LogP contribution in [0.4, 0.5) is 4.79 Å². The minimum absolute atomic E-state index is 0.0388. The van der Waals surface area contributed by atoms with Gasteiger partial charge >= 0.3 is 12.0 Å². The fraction of sp³-hybridized carbons (Fsp3) is 0.389. The second-order valence-electron chi connectivity index (χ2n) is 5.82. The third-order valence-electron chi connectivity index (χ3n) is 3.52. The Morgan fingerprint density at radius 1 is 1.14 bits per heavy atom. The molecule has 10 heteroatoms. The smallest absolute Gasteiger partial charge is 0.321 e. The number of imide groups is 1. The second kappa shape index (κ2) is 10.8. The summed E-state index contributed by atoms with van der Waals surface area (Å²) in [5.41, 5.74) is 1.90. The van der Waals surface area contributed by atoms with Crippen LogP contribution in [0.15, 0.2) is 28.7 Å². The number of nitrogens with one attached hydrogen (secondary N) is 2. The van der Waals surface area contributed by atoms with Crippen LogP contribution >= 0.6 is 0 Å². The summed E-state index contributed by atoms with van der Waals surface area (Å²) < 4.78 is 15.1. The average molecular weight is 390 g/mol. The summed E-state index contributed by atoms with van der Waals surface area (Å²) in [7, 11) is 1.49. The number of esters is 1. The van der Waals surface area contributed by atoms with Crippen molar-refractivity contribution in [3.05, 3.63) is 35.7 Å². The van der Waals surface area contributed by atoms with Crippen LogP contribution in [0.3, 0.4) is 0 Å². The molecule has 0 aliphatic rings. The van der Waals surface area contributed by atoms with E-state index in [0.717, 1.165) is 11.1 Å². The Balaban J connectivity index is 1.69. The summed E-state index contributed by atoms with van der Waals surface area (Å²) in [5, 5.41) is 12.3. The van der Waals surface area contributed by atoms with E-state index in [1.54, 1.807) is 0 Å². The molecule has 0 saturated carbocycles. The van der Waals surface area contributed by atoms with E-state index in [1.807, 2.05) is 36.5 Å². The molecule has 1 heterocycles. The maximum atomic E-state index is 11.7. The minimum Gasteiger partial charge on any atom is -0.456 e. The van der Waals surface area contributed by atoms with Crippen LogP contribution in [0.1, 0.15) is 17.9 Å². The van der Waals surface area contributed by atoms with Crippen molar-refractivity contribution in [2.45, 2.75) is 19.8 Å². The summed E-state index contributed by atoms with van der Waals surface area (Å²) in [4.78, 5) is 34.6. The molecular formula is C18H22N4O6. The molecule has 0 fully saturated rings. The largest absolute Gasteiger partial charge is 0.456 e. The molecule has 1 aromatic carbocycles. The number of aromatic nitrogens is 2. The number of aryl methyl sites for hydroxylation is 2.